The predicted molar refractivity (Wildman–Crippen MR) is 97.8 cm³/mol. The number of carbonyl (C=O) groups excluding carboxylic acids is 2. The van der Waals surface area contributed by atoms with Gasteiger partial charge in [-0.15, -0.1) is 0 Å². The minimum Gasteiger partial charge on any atom is -0.497 e. The highest BCUT2D eigenvalue weighted by Gasteiger charge is 2.20. The normalized spacial score (nSPS) is 14.6. The highest BCUT2D eigenvalue weighted by molar-refractivity contribution is 5.98. The van der Waals surface area contributed by atoms with Crippen molar-refractivity contribution in [1.82, 2.24) is 10.2 Å². The smallest absolute Gasteiger partial charge is 0.240 e. The third-order valence-corrected chi connectivity index (χ3v) is 4.21. The molecule has 0 spiro atoms. The van der Waals surface area contributed by atoms with Gasteiger partial charge in [-0.05, 0) is 12.1 Å². The topological polar surface area (TPSA) is 80.3 Å². The lowest BCUT2D eigenvalue weighted by Crippen LogP contribution is -2.44. The van der Waals surface area contributed by atoms with Crippen LogP contribution in [0.1, 0.15) is 6.92 Å². The zero-order valence-electron chi connectivity index (χ0n) is 15.6. The lowest BCUT2D eigenvalue weighted by atomic mass is 10.2. The number of anilines is 1. The summed E-state index contributed by atoms with van der Waals surface area (Å²) in [5.41, 5.74) is 0.532. The number of benzene rings is 1. The Morgan fingerprint density at radius 1 is 1.23 bits per heavy atom. The fourth-order valence-electron chi connectivity index (χ4n) is 2.75. The summed E-state index contributed by atoms with van der Waals surface area (Å²) in [5.74, 6) is 0.632. The first-order chi connectivity index (χ1) is 12.5. The van der Waals surface area contributed by atoms with Crippen LogP contribution in [0.3, 0.4) is 0 Å². The summed E-state index contributed by atoms with van der Waals surface area (Å²) in [6.07, 6.45) is 0. The van der Waals surface area contributed by atoms with Crippen LogP contribution in [-0.2, 0) is 14.3 Å². The highest BCUT2D eigenvalue weighted by atomic mass is 16.5. The number of rotatable bonds is 8. The number of nitrogens with zero attached hydrogens (tertiary/aromatic N) is 2. The zero-order chi connectivity index (χ0) is 18.9. The second kappa shape index (κ2) is 9.98. The standard InChI is InChI=1S/C18H27N3O5/c1-14(22)21(16-5-4-15(24-2)12-17(16)25-3)13-18(23)19-6-7-20-8-10-26-11-9-20/h4-5,12H,6-11,13H2,1-3H3,(H,19,23). The summed E-state index contributed by atoms with van der Waals surface area (Å²) in [4.78, 5) is 28.0. The Labute approximate surface area is 154 Å². The molecule has 0 aliphatic carbocycles. The number of hydrogen-bond acceptors (Lipinski definition) is 6. The van der Waals surface area contributed by atoms with E-state index in [-0.39, 0.29) is 18.4 Å². The molecule has 0 atom stereocenters. The molecule has 0 unspecified atom stereocenters. The van der Waals surface area contributed by atoms with Crippen LogP contribution in [0.4, 0.5) is 5.69 Å². The van der Waals surface area contributed by atoms with Gasteiger partial charge in [0.1, 0.15) is 18.0 Å². The first kappa shape index (κ1) is 20.0. The van der Waals surface area contributed by atoms with E-state index in [0.29, 0.717) is 23.7 Å². The maximum absolute atomic E-state index is 12.3. The van der Waals surface area contributed by atoms with Gasteiger partial charge in [0.05, 0.1) is 33.1 Å². The van der Waals surface area contributed by atoms with Crippen molar-refractivity contribution >= 4 is 17.5 Å². The number of methoxy groups -OCH3 is 2. The Bertz CT molecular complexity index is 617. The summed E-state index contributed by atoms with van der Waals surface area (Å²) in [7, 11) is 3.07. The summed E-state index contributed by atoms with van der Waals surface area (Å²) < 4.78 is 15.8. The average Bonchev–Trinajstić information content (AvgIpc) is 2.66. The molecule has 1 aliphatic rings. The predicted octanol–water partition coefficient (Wildman–Crippen LogP) is 0.505. The SMILES string of the molecule is COc1ccc(N(CC(=O)NCCN2CCOCC2)C(C)=O)c(OC)c1. The second-order valence-corrected chi connectivity index (χ2v) is 5.95. The van der Waals surface area contributed by atoms with Crippen molar-refractivity contribution < 1.29 is 23.8 Å². The Hall–Kier alpha value is -2.32. The van der Waals surface area contributed by atoms with Gasteiger partial charge < -0.3 is 19.5 Å². The quantitative estimate of drug-likeness (QED) is 0.723. The molecule has 2 rings (SSSR count). The van der Waals surface area contributed by atoms with Crippen LogP contribution in [0.5, 0.6) is 11.5 Å². The Kier molecular flexibility index (Phi) is 7.68. The molecule has 8 nitrogen and oxygen atoms in total. The van der Waals surface area contributed by atoms with Gasteiger partial charge in [0.25, 0.3) is 0 Å². The van der Waals surface area contributed by atoms with E-state index in [9.17, 15) is 9.59 Å². The van der Waals surface area contributed by atoms with Gasteiger partial charge >= 0.3 is 0 Å². The number of ether oxygens (including phenoxy) is 3. The molecule has 1 aromatic rings. The molecule has 1 heterocycles. The monoisotopic (exact) mass is 365 g/mol. The molecule has 1 aliphatic heterocycles. The average molecular weight is 365 g/mol. The minimum atomic E-state index is -0.239. The van der Waals surface area contributed by atoms with Crippen LogP contribution in [0.25, 0.3) is 0 Å². The lowest BCUT2D eigenvalue weighted by molar-refractivity contribution is -0.123. The van der Waals surface area contributed by atoms with Gasteiger partial charge in [0, 0.05) is 39.2 Å². The van der Waals surface area contributed by atoms with Crippen LogP contribution < -0.4 is 19.7 Å². The maximum Gasteiger partial charge on any atom is 0.240 e. The largest absolute Gasteiger partial charge is 0.497 e. The van der Waals surface area contributed by atoms with Crippen molar-refractivity contribution in [2.75, 3.05) is 65.1 Å². The fourth-order valence-corrected chi connectivity index (χ4v) is 2.75. The van der Waals surface area contributed by atoms with Crippen LogP contribution in [0.15, 0.2) is 18.2 Å². The molecule has 0 aromatic heterocycles. The highest BCUT2D eigenvalue weighted by Crippen LogP contribution is 2.32. The Balaban J connectivity index is 1.94. The molecule has 1 N–H and O–H groups in total. The van der Waals surface area contributed by atoms with E-state index in [0.717, 1.165) is 32.8 Å². The first-order valence-electron chi connectivity index (χ1n) is 8.62. The molecule has 144 valence electrons. The van der Waals surface area contributed by atoms with Crippen molar-refractivity contribution in [3.63, 3.8) is 0 Å². The van der Waals surface area contributed by atoms with Gasteiger partial charge in [0.2, 0.25) is 11.8 Å². The van der Waals surface area contributed by atoms with Crippen LogP contribution in [0, 0.1) is 0 Å². The number of hydrogen-bond donors (Lipinski definition) is 1. The van der Waals surface area contributed by atoms with E-state index < -0.39 is 0 Å². The van der Waals surface area contributed by atoms with E-state index in [1.54, 1.807) is 25.3 Å². The fraction of sp³-hybridized carbons (Fsp3) is 0.556. The van der Waals surface area contributed by atoms with Gasteiger partial charge in [-0.25, -0.2) is 0 Å². The molecule has 1 saturated heterocycles. The molecule has 1 fully saturated rings. The van der Waals surface area contributed by atoms with Crippen molar-refractivity contribution in [3.8, 4) is 11.5 Å². The number of carbonyl (C=O) groups is 2. The third-order valence-electron chi connectivity index (χ3n) is 4.21. The minimum absolute atomic E-state index is 0.0683. The molecular formula is C18H27N3O5. The summed E-state index contributed by atoms with van der Waals surface area (Å²) >= 11 is 0. The van der Waals surface area contributed by atoms with E-state index >= 15 is 0 Å². The molecule has 2 amide bonds. The van der Waals surface area contributed by atoms with Crippen LogP contribution >= 0.6 is 0 Å². The Morgan fingerprint density at radius 2 is 1.96 bits per heavy atom. The molecule has 0 saturated carbocycles. The first-order valence-corrected chi connectivity index (χ1v) is 8.62. The molecule has 26 heavy (non-hydrogen) atoms. The van der Waals surface area contributed by atoms with E-state index in [1.807, 2.05) is 0 Å². The summed E-state index contributed by atoms with van der Waals surface area (Å²) in [5, 5.41) is 2.86. The summed E-state index contributed by atoms with van der Waals surface area (Å²) in [6.45, 7) is 5.85. The van der Waals surface area contributed by atoms with Crippen molar-refractivity contribution in [3.05, 3.63) is 18.2 Å². The van der Waals surface area contributed by atoms with Crippen molar-refractivity contribution in [2.24, 2.45) is 0 Å². The number of nitrogens with one attached hydrogen (secondary N) is 1. The van der Waals surface area contributed by atoms with Crippen molar-refractivity contribution in [2.45, 2.75) is 6.92 Å². The van der Waals surface area contributed by atoms with Gasteiger partial charge in [-0.3, -0.25) is 19.4 Å². The van der Waals surface area contributed by atoms with E-state index in [4.69, 9.17) is 14.2 Å². The maximum atomic E-state index is 12.3. The van der Waals surface area contributed by atoms with E-state index in [2.05, 4.69) is 10.2 Å². The second-order valence-electron chi connectivity index (χ2n) is 5.95. The van der Waals surface area contributed by atoms with Crippen LogP contribution in [0.2, 0.25) is 0 Å². The number of amides is 2. The van der Waals surface area contributed by atoms with Gasteiger partial charge in [-0.1, -0.05) is 0 Å². The van der Waals surface area contributed by atoms with Gasteiger partial charge in [-0.2, -0.15) is 0 Å². The number of morpholine rings is 1. The van der Waals surface area contributed by atoms with Crippen LogP contribution in [-0.4, -0.2) is 76.9 Å². The molecule has 0 radical (unpaired) electrons. The zero-order valence-corrected chi connectivity index (χ0v) is 15.6. The molecule has 1 aromatic carbocycles. The molecule has 8 heteroatoms. The molecular weight excluding hydrogens is 338 g/mol. The third kappa shape index (κ3) is 5.60. The van der Waals surface area contributed by atoms with Crippen molar-refractivity contribution in [1.29, 1.82) is 0 Å². The summed E-state index contributed by atoms with van der Waals surface area (Å²) in [6, 6.07) is 5.12. The molecule has 0 bridgehead atoms. The van der Waals surface area contributed by atoms with Gasteiger partial charge in [0.15, 0.2) is 0 Å². The van der Waals surface area contributed by atoms with E-state index in [1.165, 1.54) is 18.9 Å². The Morgan fingerprint density at radius 3 is 2.58 bits per heavy atom. The lowest BCUT2D eigenvalue weighted by Gasteiger charge is -2.27.